The van der Waals surface area contributed by atoms with Crippen LogP contribution in [0.15, 0.2) is 16.5 Å². The lowest BCUT2D eigenvalue weighted by Gasteiger charge is -2.29. The zero-order chi connectivity index (χ0) is 13.1. The molecule has 1 heterocycles. The number of carbonyl (C=O) groups excluding carboxylic acids is 1. The average Bonchev–Trinajstić information content (AvgIpc) is 2.72. The first kappa shape index (κ1) is 13.8. The van der Waals surface area contributed by atoms with Crippen molar-refractivity contribution >= 4 is 5.97 Å². The molecule has 0 fully saturated rings. The van der Waals surface area contributed by atoms with Crippen molar-refractivity contribution in [2.45, 2.75) is 33.7 Å². The third-order valence-electron chi connectivity index (χ3n) is 2.57. The van der Waals surface area contributed by atoms with Crippen LogP contribution in [-0.4, -0.2) is 19.6 Å². The number of nitrogens with one attached hydrogen (secondary N) is 1. The van der Waals surface area contributed by atoms with E-state index in [1.165, 1.54) is 7.11 Å². The first-order chi connectivity index (χ1) is 7.90. The van der Waals surface area contributed by atoms with E-state index in [9.17, 15) is 4.79 Å². The Morgan fingerprint density at radius 2 is 2.12 bits per heavy atom. The third kappa shape index (κ3) is 3.33. The summed E-state index contributed by atoms with van der Waals surface area (Å²) in [6.07, 6.45) is 0. The summed E-state index contributed by atoms with van der Waals surface area (Å²) in [7, 11) is 1.34. The quantitative estimate of drug-likeness (QED) is 0.821. The summed E-state index contributed by atoms with van der Waals surface area (Å²) in [5, 5.41) is 3.36. The van der Waals surface area contributed by atoms with Gasteiger partial charge in [-0.1, -0.05) is 27.7 Å². The summed E-state index contributed by atoms with van der Waals surface area (Å²) in [5.74, 6) is 0.565. The molecule has 0 aliphatic rings. The Morgan fingerprint density at radius 3 is 2.59 bits per heavy atom. The van der Waals surface area contributed by atoms with E-state index in [1.54, 1.807) is 6.07 Å². The van der Waals surface area contributed by atoms with Crippen LogP contribution in [0.2, 0.25) is 0 Å². The van der Waals surface area contributed by atoms with E-state index in [-0.39, 0.29) is 17.2 Å². The van der Waals surface area contributed by atoms with Crippen molar-refractivity contribution in [3.63, 3.8) is 0 Å². The predicted molar refractivity (Wildman–Crippen MR) is 65.9 cm³/mol. The summed E-state index contributed by atoms with van der Waals surface area (Å²) < 4.78 is 10.2. The van der Waals surface area contributed by atoms with E-state index >= 15 is 0 Å². The van der Waals surface area contributed by atoms with Crippen molar-refractivity contribution in [3.8, 4) is 0 Å². The number of esters is 1. The van der Waals surface area contributed by atoms with Crippen LogP contribution < -0.4 is 5.32 Å². The van der Waals surface area contributed by atoms with E-state index in [4.69, 9.17) is 4.42 Å². The van der Waals surface area contributed by atoms with Gasteiger partial charge in [0.15, 0.2) is 0 Å². The van der Waals surface area contributed by atoms with Crippen LogP contribution in [0.3, 0.4) is 0 Å². The van der Waals surface area contributed by atoms with Gasteiger partial charge < -0.3 is 14.5 Å². The maximum Gasteiger partial charge on any atom is 0.373 e. The number of hydrogen-bond acceptors (Lipinski definition) is 4. The van der Waals surface area contributed by atoms with Crippen LogP contribution in [0.4, 0.5) is 0 Å². The summed E-state index contributed by atoms with van der Waals surface area (Å²) in [6, 6.07) is 3.55. The van der Waals surface area contributed by atoms with Gasteiger partial charge in [0, 0.05) is 0 Å². The maximum absolute atomic E-state index is 11.3. The molecule has 0 amide bonds. The highest BCUT2D eigenvalue weighted by molar-refractivity contribution is 5.86. The first-order valence-corrected chi connectivity index (χ1v) is 5.81. The normalized spacial score (nSPS) is 13.5. The molecule has 96 valence electrons. The van der Waals surface area contributed by atoms with E-state index in [0.29, 0.717) is 0 Å². The standard InChI is InChI=1S/C13H21NO3/c1-6-14-11(13(2,3)4)9-7-8-10(17-9)12(15)16-5/h7-8,11,14H,6H2,1-5H3. The topological polar surface area (TPSA) is 51.5 Å². The van der Waals surface area contributed by atoms with Crippen LogP contribution in [0, 0.1) is 5.41 Å². The van der Waals surface area contributed by atoms with Crippen LogP contribution >= 0.6 is 0 Å². The Balaban J connectivity index is 2.96. The zero-order valence-corrected chi connectivity index (χ0v) is 11.2. The lowest BCUT2D eigenvalue weighted by Crippen LogP contribution is -2.31. The SMILES string of the molecule is CCNC(c1ccc(C(=O)OC)o1)C(C)(C)C. The van der Waals surface area contributed by atoms with Crippen LogP contribution in [0.5, 0.6) is 0 Å². The molecule has 0 bridgehead atoms. The fraction of sp³-hybridized carbons (Fsp3) is 0.615. The van der Waals surface area contributed by atoms with Crippen molar-refractivity contribution in [2.24, 2.45) is 5.41 Å². The first-order valence-electron chi connectivity index (χ1n) is 5.81. The van der Waals surface area contributed by atoms with Gasteiger partial charge in [-0.05, 0) is 24.1 Å². The monoisotopic (exact) mass is 239 g/mol. The molecule has 1 N–H and O–H groups in total. The molecule has 0 saturated carbocycles. The number of rotatable bonds is 4. The van der Waals surface area contributed by atoms with Crippen LogP contribution in [0.1, 0.15) is 50.1 Å². The summed E-state index contributed by atoms with van der Waals surface area (Å²) in [6.45, 7) is 9.26. The van der Waals surface area contributed by atoms with Gasteiger partial charge in [0.1, 0.15) is 5.76 Å². The molecule has 0 aromatic carbocycles. The fourth-order valence-corrected chi connectivity index (χ4v) is 1.76. The number of hydrogen-bond donors (Lipinski definition) is 1. The highest BCUT2D eigenvalue weighted by Gasteiger charge is 2.28. The number of ether oxygens (including phenoxy) is 1. The molecule has 1 atom stereocenters. The second-order valence-corrected chi connectivity index (χ2v) is 5.05. The second kappa shape index (κ2) is 5.36. The lowest BCUT2D eigenvalue weighted by atomic mass is 9.85. The van der Waals surface area contributed by atoms with Gasteiger partial charge in [0.2, 0.25) is 5.76 Å². The Kier molecular flexibility index (Phi) is 4.34. The molecule has 0 radical (unpaired) electrons. The molecule has 0 aliphatic heterocycles. The maximum atomic E-state index is 11.3. The molecular formula is C13H21NO3. The predicted octanol–water partition coefficient (Wildman–Crippen LogP) is 2.76. The Labute approximate surface area is 102 Å². The number of methoxy groups -OCH3 is 1. The minimum Gasteiger partial charge on any atom is -0.463 e. The summed E-state index contributed by atoms with van der Waals surface area (Å²) in [4.78, 5) is 11.3. The minimum absolute atomic E-state index is 0.0151. The van der Waals surface area contributed by atoms with Crippen molar-refractivity contribution < 1.29 is 13.9 Å². The molecule has 1 rings (SSSR count). The molecule has 17 heavy (non-hydrogen) atoms. The molecule has 0 aliphatic carbocycles. The lowest BCUT2D eigenvalue weighted by molar-refractivity contribution is 0.0559. The highest BCUT2D eigenvalue weighted by Crippen LogP contribution is 2.33. The van der Waals surface area contributed by atoms with Crippen LogP contribution in [0.25, 0.3) is 0 Å². The molecule has 1 aromatic rings. The van der Waals surface area contributed by atoms with Gasteiger partial charge in [-0.3, -0.25) is 0 Å². The second-order valence-electron chi connectivity index (χ2n) is 5.05. The third-order valence-corrected chi connectivity index (χ3v) is 2.57. The van der Waals surface area contributed by atoms with E-state index in [0.717, 1.165) is 12.3 Å². The van der Waals surface area contributed by atoms with Gasteiger partial charge in [-0.25, -0.2) is 4.79 Å². The average molecular weight is 239 g/mol. The van der Waals surface area contributed by atoms with Gasteiger partial charge in [-0.15, -0.1) is 0 Å². The van der Waals surface area contributed by atoms with Crippen molar-refractivity contribution in [2.75, 3.05) is 13.7 Å². The minimum atomic E-state index is -0.444. The highest BCUT2D eigenvalue weighted by atomic mass is 16.5. The van der Waals surface area contributed by atoms with Gasteiger partial charge >= 0.3 is 5.97 Å². The van der Waals surface area contributed by atoms with Gasteiger partial charge in [0.25, 0.3) is 0 Å². The van der Waals surface area contributed by atoms with Crippen molar-refractivity contribution in [3.05, 3.63) is 23.7 Å². The number of furan rings is 1. The molecular weight excluding hydrogens is 218 g/mol. The van der Waals surface area contributed by atoms with Gasteiger partial charge in [0.05, 0.1) is 13.2 Å². The molecule has 4 heteroatoms. The summed E-state index contributed by atoms with van der Waals surface area (Å²) >= 11 is 0. The Bertz CT molecular complexity index is 376. The van der Waals surface area contributed by atoms with Gasteiger partial charge in [-0.2, -0.15) is 0 Å². The Morgan fingerprint density at radius 1 is 1.47 bits per heavy atom. The number of carbonyl (C=O) groups is 1. The summed E-state index contributed by atoms with van der Waals surface area (Å²) in [5.41, 5.74) is 0.0151. The molecule has 4 nitrogen and oxygen atoms in total. The van der Waals surface area contributed by atoms with E-state index in [1.807, 2.05) is 13.0 Å². The fourth-order valence-electron chi connectivity index (χ4n) is 1.76. The molecule has 1 aromatic heterocycles. The smallest absolute Gasteiger partial charge is 0.373 e. The largest absolute Gasteiger partial charge is 0.463 e. The van der Waals surface area contributed by atoms with E-state index < -0.39 is 5.97 Å². The zero-order valence-electron chi connectivity index (χ0n) is 11.2. The van der Waals surface area contributed by atoms with Crippen molar-refractivity contribution in [1.29, 1.82) is 0 Å². The van der Waals surface area contributed by atoms with Crippen LogP contribution in [-0.2, 0) is 4.74 Å². The Hall–Kier alpha value is -1.29. The molecule has 1 unspecified atom stereocenters. The molecule has 0 saturated heterocycles. The van der Waals surface area contributed by atoms with Crippen molar-refractivity contribution in [1.82, 2.24) is 5.32 Å². The van der Waals surface area contributed by atoms with E-state index in [2.05, 4.69) is 30.8 Å². The molecule has 0 spiro atoms.